The van der Waals surface area contributed by atoms with Gasteiger partial charge in [-0.3, -0.25) is 4.98 Å². The molecule has 0 radical (unpaired) electrons. The van der Waals surface area contributed by atoms with Crippen molar-refractivity contribution in [3.63, 3.8) is 0 Å². The summed E-state index contributed by atoms with van der Waals surface area (Å²) in [6.07, 6.45) is 2.92. The van der Waals surface area contributed by atoms with Crippen LogP contribution in [0.5, 0.6) is 5.75 Å². The van der Waals surface area contributed by atoms with Crippen molar-refractivity contribution in [2.45, 2.75) is 19.9 Å². The van der Waals surface area contributed by atoms with Crippen molar-refractivity contribution in [2.24, 2.45) is 0 Å². The lowest BCUT2D eigenvalue weighted by molar-refractivity contribution is 0.415. The first-order valence-corrected chi connectivity index (χ1v) is 8.29. The Bertz CT molecular complexity index is 1000. The molecule has 0 bridgehead atoms. The maximum absolute atomic E-state index is 5.39. The quantitative estimate of drug-likeness (QED) is 0.540. The van der Waals surface area contributed by atoms with E-state index >= 15 is 0 Å². The van der Waals surface area contributed by atoms with Gasteiger partial charge in [-0.1, -0.05) is 31.2 Å². The average Bonchev–Trinajstić information content (AvgIpc) is 2.96. The molecule has 0 atom stereocenters. The van der Waals surface area contributed by atoms with Crippen molar-refractivity contribution in [1.29, 1.82) is 0 Å². The highest BCUT2D eigenvalue weighted by atomic mass is 16.5. The summed E-state index contributed by atoms with van der Waals surface area (Å²) in [4.78, 5) is 4.60. The van der Waals surface area contributed by atoms with Gasteiger partial charge in [0.2, 0.25) is 0 Å². The Morgan fingerprint density at radius 3 is 2.50 bits per heavy atom. The lowest BCUT2D eigenvalue weighted by atomic mass is 10.1. The van der Waals surface area contributed by atoms with Crippen LogP contribution in [0.1, 0.15) is 18.1 Å². The minimum absolute atomic E-state index is 0.835. The largest absolute Gasteiger partial charge is 0.497 e. The van der Waals surface area contributed by atoms with Gasteiger partial charge in [-0.2, -0.15) is 0 Å². The Morgan fingerprint density at radius 2 is 1.75 bits per heavy atom. The van der Waals surface area contributed by atoms with E-state index in [0.717, 1.165) is 35.1 Å². The maximum atomic E-state index is 5.39. The van der Waals surface area contributed by atoms with Crippen molar-refractivity contribution in [1.82, 2.24) is 9.55 Å². The summed E-state index contributed by atoms with van der Waals surface area (Å²) < 4.78 is 7.72. The number of ether oxygens (including phenoxy) is 1. The summed E-state index contributed by atoms with van der Waals surface area (Å²) in [7, 11) is 1.70. The molecule has 0 spiro atoms. The minimum atomic E-state index is 0.835. The molecule has 0 aliphatic heterocycles. The molecule has 0 saturated carbocycles. The molecular formula is C21H20N2O. The van der Waals surface area contributed by atoms with Gasteiger partial charge in [-0.15, -0.1) is 0 Å². The molecule has 0 aliphatic rings. The monoisotopic (exact) mass is 316 g/mol. The molecule has 0 aliphatic carbocycles. The highest BCUT2D eigenvalue weighted by molar-refractivity contribution is 6.06. The molecule has 0 fully saturated rings. The highest BCUT2D eigenvalue weighted by Gasteiger charge is 2.12. The molecule has 120 valence electrons. The van der Waals surface area contributed by atoms with Crippen LogP contribution in [-0.2, 0) is 13.0 Å². The summed E-state index contributed by atoms with van der Waals surface area (Å²) in [5.41, 5.74) is 6.03. The minimum Gasteiger partial charge on any atom is -0.497 e. The molecule has 0 N–H and O–H groups in total. The van der Waals surface area contributed by atoms with Crippen LogP contribution in [0.2, 0.25) is 0 Å². The molecule has 3 heteroatoms. The normalized spacial score (nSPS) is 11.2. The van der Waals surface area contributed by atoms with Gasteiger partial charge in [0.1, 0.15) is 5.75 Å². The van der Waals surface area contributed by atoms with Gasteiger partial charge in [-0.25, -0.2) is 0 Å². The van der Waals surface area contributed by atoms with Crippen LogP contribution in [0.25, 0.3) is 21.9 Å². The predicted octanol–water partition coefficient (Wildman–Crippen LogP) is 4.81. The summed E-state index contributed by atoms with van der Waals surface area (Å²) in [6, 6.07) is 19.2. The fraction of sp³-hybridized carbons (Fsp3) is 0.190. The Morgan fingerprint density at radius 1 is 0.958 bits per heavy atom. The first-order chi connectivity index (χ1) is 11.8. The number of aromatic nitrogens is 2. The summed E-state index contributed by atoms with van der Waals surface area (Å²) >= 11 is 0. The van der Waals surface area contributed by atoms with Crippen molar-refractivity contribution < 1.29 is 4.74 Å². The lowest BCUT2D eigenvalue weighted by Gasteiger charge is -2.08. The first kappa shape index (κ1) is 14.8. The number of methoxy groups -OCH3 is 1. The zero-order valence-electron chi connectivity index (χ0n) is 14.0. The summed E-state index contributed by atoms with van der Waals surface area (Å²) in [5, 5.41) is 1.13. The van der Waals surface area contributed by atoms with Crippen molar-refractivity contribution in [2.75, 3.05) is 7.11 Å². The number of rotatable bonds is 4. The van der Waals surface area contributed by atoms with Gasteiger partial charge < -0.3 is 9.30 Å². The third-order valence-electron chi connectivity index (χ3n) is 4.60. The molecule has 4 aromatic rings. The second kappa shape index (κ2) is 6.00. The smallest absolute Gasteiger partial charge is 0.119 e. The average molecular weight is 316 g/mol. The number of pyridine rings is 1. The second-order valence-electron chi connectivity index (χ2n) is 6.01. The molecule has 4 rings (SSSR count). The van der Waals surface area contributed by atoms with Crippen LogP contribution in [0.4, 0.5) is 0 Å². The van der Waals surface area contributed by atoms with Gasteiger partial charge in [0.15, 0.2) is 0 Å². The van der Waals surface area contributed by atoms with Crippen LogP contribution >= 0.6 is 0 Å². The van der Waals surface area contributed by atoms with Crippen LogP contribution in [0.15, 0.2) is 60.8 Å². The lowest BCUT2D eigenvalue weighted by Crippen LogP contribution is -1.99. The Kier molecular flexibility index (Phi) is 3.69. The van der Waals surface area contributed by atoms with E-state index in [1.165, 1.54) is 16.6 Å². The Balaban J connectivity index is 1.88. The van der Waals surface area contributed by atoms with Gasteiger partial charge in [0, 0.05) is 18.1 Å². The van der Waals surface area contributed by atoms with Crippen molar-refractivity contribution >= 4 is 21.9 Å². The van der Waals surface area contributed by atoms with Crippen LogP contribution in [0, 0.1) is 0 Å². The molecule has 2 heterocycles. The first-order valence-electron chi connectivity index (χ1n) is 8.29. The zero-order valence-corrected chi connectivity index (χ0v) is 14.0. The molecule has 24 heavy (non-hydrogen) atoms. The third kappa shape index (κ3) is 2.42. The fourth-order valence-electron chi connectivity index (χ4n) is 3.25. The van der Waals surface area contributed by atoms with E-state index in [0.29, 0.717) is 0 Å². The topological polar surface area (TPSA) is 27.1 Å². The Hall–Kier alpha value is -2.81. The van der Waals surface area contributed by atoms with Gasteiger partial charge >= 0.3 is 0 Å². The molecule has 3 nitrogen and oxygen atoms in total. The van der Waals surface area contributed by atoms with E-state index in [1.54, 1.807) is 7.11 Å². The van der Waals surface area contributed by atoms with E-state index in [2.05, 4.69) is 58.9 Å². The standard InChI is InChI=1S/C21H20N2O/c1-3-15-6-8-16(9-7-15)14-23-19-11-10-17(24-2)13-18(19)21-20(23)5-4-12-22-21/h4-13H,3,14H2,1-2H3. The number of fused-ring (bicyclic) bond motifs is 3. The van der Waals surface area contributed by atoms with E-state index in [4.69, 9.17) is 4.74 Å². The highest BCUT2D eigenvalue weighted by Crippen LogP contribution is 2.31. The van der Waals surface area contributed by atoms with Crippen molar-refractivity contribution in [3.05, 3.63) is 71.9 Å². The zero-order chi connectivity index (χ0) is 16.5. The molecule has 2 aromatic heterocycles. The van der Waals surface area contributed by atoms with Crippen LogP contribution in [0.3, 0.4) is 0 Å². The second-order valence-corrected chi connectivity index (χ2v) is 6.01. The van der Waals surface area contributed by atoms with Crippen LogP contribution in [-0.4, -0.2) is 16.7 Å². The van der Waals surface area contributed by atoms with Gasteiger partial charge in [0.25, 0.3) is 0 Å². The van der Waals surface area contributed by atoms with Gasteiger partial charge in [0.05, 0.1) is 23.7 Å². The molecule has 0 unspecified atom stereocenters. The number of nitrogens with zero attached hydrogens (tertiary/aromatic N) is 2. The fourth-order valence-corrected chi connectivity index (χ4v) is 3.25. The van der Waals surface area contributed by atoms with E-state index in [9.17, 15) is 0 Å². The molecule has 2 aromatic carbocycles. The number of hydrogen-bond acceptors (Lipinski definition) is 2. The van der Waals surface area contributed by atoms with Crippen LogP contribution < -0.4 is 4.74 Å². The van der Waals surface area contributed by atoms with E-state index in [1.807, 2.05) is 18.3 Å². The van der Waals surface area contributed by atoms with E-state index in [-0.39, 0.29) is 0 Å². The number of aryl methyl sites for hydroxylation is 1. The number of benzene rings is 2. The molecular weight excluding hydrogens is 296 g/mol. The summed E-state index contributed by atoms with van der Waals surface area (Å²) in [6.45, 7) is 3.02. The molecule has 0 saturated heterocycles. The third-order valence-corrected chi connectivity index (χ3v) is 4.60. The van der Waals surface area contributed by atoms with Gasteiger partial charge in [-0.05, 0) is 47.9 Å². The van der Waals surface area contributed by atoms with E-state index < -0.39 is 0 Å². The predicted molar refractivity (Wildman–Crippen MR) is 98.7 cm³/mol. The Labute approximate surface area is 141 Å². The summed E-state index contributed by atoms with van der Waals surface area (Å²) in [5.74, 6) is 0.861. The maximum Gasteiger partial charge on any atom is 0.119 e. The number of hydrogen-bond donors (Lipinski definition) is 0. The molecule has 0 amide bonds. The SMILES string of the molecule is CCc1ccc(Cn2c3ccc(OC)cc3c3ncccc32)cc1. The van der Waals surface area contributed by atoms with Crippen molar-refractivity contribution in [3.8, 4) is 5.75 Å².